The number of carbonyl (C=O) groups excluding carboxylic acids is 1. The quantitative estimate of drug-likeness (QED) is 0.834. The lowest BCUT2D eigenvalue weighted by atomic mass is 10.0. The summed E-state index contributed by atoms with van der Waals surface area (Å²) in [5.74, 6) is -0.0709. The van der Waals surface area contributed by atoms with E-state index in [0.29, 0.717) is 5.69 Å². The van der Waals surface area contributed by atoms with Crippen LogP contribution >= 0.6 is 15.9 Å². The zero-order valence-electron chi connectivity index (χ0n) is 9.67. The highest BCUT2D eigenvalue weighted by Gasteiger charge is 2.25. The summed E-state index contributed by atoms with van der Waals surface area (Å²) in [4.78, 5) is 15.9. The molecule has 1 rings (SSSR count). The number of likely N-dealkylation sites (N-methyl/N-ethyl adjacent to an activating group) is 1. The Labute approximate surface area is 104 Å². The molecule has 0 fully saturated rings. The van der Waals surface area contributed by atoms with E-state index in [1.165, 1.54) is 0 Å². The van der Waals surface area contributed by atoms with Gasteiger partial charge in [0, 0.05) is 0 Å². The first-order valence-corrected chi connectivity index (χ1v) is 5.93. The number of halogens is 1. The fourth-order valence-corrected chi connectivity index (χ4v) is 1.49. The van der Waals surface area contributed by atoms with Crippen molar-refractivity contribution in [3.8, 4) is 0 Å². The van der Waals surface area contributed by atoms with Gasteiger partial charge >= 0.3 is 0 Å². The van der Waals surface area contributed by atoms with Crippen LogP contribution in [-0.2, 0) is 4.79 Å². The van der Waals surface area contributed by atoms with Crippen LogP contribution in [0.5, 0.6) is 0 Å². The topological polar surface area (TPSA) is 54.0 Å². The monoisotopic (exact) mass is 285 g/mol. The van der Waals surface area contributed by atoms with Gasteiger partial charge in [-0.3, -0.25) is 4.79 Å². The third-order valence-corrected chi connectivity index (χ3v) is 2.64. The van der Waals surface area contributed by atoms with Crippen molar-refractivity contribution in [1.29, 1.82) is 0 Å². The average Bonchev–Trinajstić information content (AvgIpc) is 2.21. The summed E-state index contributed by atoms with van der Waals surface area (Å²) < 4.78 is 0.747. The molecule has 0 radical (unpaired) electrons. The molecule has 0 saturated carbocycles. The van der Waals surface area contributed by atoms with Crippen LogP contribution in [-0.4, -0.2) is 23.0 Å². The van der Waals surface area contributed by atoms with Crippen LogP contribution in [0.4, 0.5) is 5.69 Å². The van der Waals surface area contributed by atoms with Gasteiger partial charge in [0.2, 0.25) is 5.91 Å². The smallest absolute Gasteiger partial charge is 0.244 e. The molecule has 0 atom stereocenters. The van der Waals surface area contributed by atoms with Gasteiger partial charge in [-0.2, -0.15) is 0 Å². The molecule has 0 saturated heterocycles. The number of anilines is 1. The molecular weight excluding hydrogens is 270 g/mol. The van der Waals surface area contributed by atoms with Gasteiger partial charge in [0.05, 0.1) is 17.4 Å². The van der Waals surface area contributed by atoms with Gasteiger partial charge in [0.15, 0.2) is 0 Å². The molecule has 0 aliphatic carbocycles. The van der Waals surface area contributed by atoms with Crippen LogP contribution in [0.25, 0.3) is 0 Å². The second-order valence-electron chi connectivity index (χ2n) is 3.98. The van der Waals surface area contributed by atoms with E-state index in [0.717, 1.165) is 11.1 Å². The SMILES string of the molecule is CCNC(C)(C)C(=O)Nc1ccc(Br)nc1. The first kappa shape index (κ1) is 13.1. The molecule has 16 heavy (non-hydrogen) atoms. The van der Waals surface area contributed by atoms with Crippen LogP contribution < -0.4 is 10.6 Å². The number of amides is 1. The molecule has 1 aromatic heterocycles. The number of aromatic nitrogens is 1. The Morgan fingerprint density at radius 3 is 2.69 bits per heavy atom. The highest BCUT2D eigenvalue weighted by atomic mass is 79.9. The van der Waals surface area contributed by atoms with E-state index in [1.807, 2.05) is 20.8 Å². The maximum absolute atomic E-state index is 11.9. The first-order chi connectivity index (χ1) is 7.45. The van der Waals surface area contributed by atoms with Gasteiger partial charge in [-0.05, 0) is 48.5 Å². The van der Waals surface area contributed by atoms with E-state index in [9.17, 15) is 4.79 Å². The molecule has 1 aromatic rings. The van der Waals surface area contributed by atoms with Crippen LogP contribution in [0.15, 0.2) is 22.9 Å². The van der Waals surface area contributed by atoms with Crippen molar-refractivity contribution in [2.75, 3.05) is 11.9 Å². The molecule has 0 unspecified atom stereocenters. The Hall–Kier alpha value is -0.940. The van der Waals surface area contributed by atoms with E-state index in [-0.39, 0.29) is 5.91 Å². The molecular formula is C11H16BrN3O. The van der Waals surface area contributed by atoms with Crippen molar-refractivity contribution >= 4 is 27.5 Å². The Morgan fingerprint density at radius 2 is 2.19 bits per heavy atom. The van der Waals surface area contributed by atoms with Crippen molar-refractivity contribution in [3.05, 3.63) is 22.9 Å². The van der Waals surface area contributed by atoms with E-state index >= 15 is 0 Å². The van der Waals surface area contributed by atoms with Crippen LogP contribution in [0.2, 0.25) is 0 Å². The molecule has 0 aliphatic rings. The molecule has 0 bridgehead atoms. The third kappa shape index (κ3) is 3.57. The molecule has 0 aliphatic heterocycles. The zero-order valence-corrected chi connectivity index (χ0v) is 11.3. The minimum atomic E-state index is -0.582. The number of nitrogens with one attached hydrogen (secondary N) is 2. The summed E-state index contributed by atoms with van der Waals surface area (Å²) in [6.07, 6.45) is 1.62. The summed E-state index contributed by atoms with van der Waals surface area (Å²) in [5, 5.41) is 5.92. The molecule has 88 valence electrons. The summed E-state index contributed by atoms with van der Waals surface area (Å²) in [7, 11) is 0. The lowest BCUT2D eigenvalue weighted by Crippen LogP contribution is -2.49. The van der Waals surface area contributed by atoms with Crippen molar-refractivity contribution in [2.24, 2.45) is 0 Å². The molecule has 0 spiro atoms. The molecule has 1 heterocycles. The number of nitrogens with zero attached hydrogens (tertiary/aromatic N) is 1. The van der Waals surface area contributed by atoms with Crippen molar-refractivity contribution in [1.82, 2.24) is 10.3 Å². The lowest BCUT2D eigenvalue weighted by molar-refractivity contribution is -0.121. The summed E-state index contributed by atoms with van der Waals surface area (Å²) in [6, 6.07) is 3.59. The van der Waals surface area contributed by atoms with Gasteiger partial charge in [-0.1, -0.05) is 6.92 Å². The predicted molar refractivity (Wildman–Crippen MR) is 68.3 cm³/mol. The molecule has 1 amide bonds. The number of hydrogen-bond donors (Lipinski definition) is 2. The molecule has 2 N–H and O–H groups in total. The second kappa shape index (κ2) is 5.41. The summed E-state index contributed by atoms with van der Waals surface area (Å²) in [6.45, 7) is 6.41. The fourth-order valence-electron chi connectivity index (χ4n) is 1.26. The Bertz CT molecular complexity index is 362. The van der Waals surface area contributed by atoms with E-state index in [4.69, 9.17) is 0 Å². The minimum absolute atomic E-state index is 0.0709. The normalized spacial score (nSPS) is 11.2. The number of pyridine rings is 1. The summed E-state index contributed by atoms with van der Waals surface area (Å²) in [5.41, 5.74) is 0.112. The van der Waals surface area contributed by atoms with Crippen LogP contribution in [0.3, 0.4) is 0 Å². The number of carbonyl (C=O) groups is 1. The van der Waals surface area contributed by atoms with Gasteiger partial charge in [0.25, 0.3) is 0 Å². The molecule has 5 heteroatoms. The van der Waals surface area contributed by atoms with Gasteiger partial charge in [0.1, 0.15) is 4.60 Å². The third-order valence-electron chi connectivity index (χ3n) is 2.17. The Balaban J connectivity index is 2.67. The van der Waals surface area contributed by atoms with E-state index < -0.39 is 5.54 Å². The number of hydrogen-bond acceptors (Lipinski definition) is 3. The average molecular weight is 286 g/mol. The van der Waals surface area contributed by atoms with E-state index in [2.05, 4.69) is 31.5 Å². The van der Waals surface area contributed by atoms with Gasteiger partial charge < -0.3 is 10.6 Å². The van der Waals surface area contributed by atoms with E-state index in [1.54, 1.807) is 18.3 Å². The number of rotatable bonds is 4. The predicted octanol–water partition coefficient (Wildman–Crippen LogP) is 2.17. The van der Waals surface area contributed by atoms with Crippen LogP contribution in [0.1, 0.15) is 20.8 Å². The second-order valence-corrected chi connectivity index (χ2v) is 4.79. The maximum Gasteiger partial charge on any atom is 0.244 e. The molecule has 4 nitrogen and oxygen atoms in total. The highest BCUT2D eigenvalue weighted by Crippen LogP contribution is 2.12. The Kier molecular flexibility index (Phi) is 4.44. The lowest BCUT2D eigenvalue weighted by Gasteiger charge is -2.24. The van der Waals surface area contributed by atoms with Gasteiger partial charge in [-0.25, -0.2) is 4.98 Å². The van der Waals surface area contributed by atoms with Crippen molar-refractivity contribution in [3.63, 3.8) is 0 Å². The van der Waals surface area contributed by atoms with Crippen molar-refractivity contribution < 1.29 is 4.79 Å². The standard InChI is InChI=1S/C11H16BrN3O/c1-4-14-11(2,3)10(16)15-8-5-6-9(12)13-7-8/h5-7,14H,4H2,1-3H3,(H,15,16). The van der Waals surface area contributed by atoms with Crippen LogP contribution in [0, 0.1) is 0 Å². The summed E-state index contributed by atoms with van der Waals surface area (Å²) >= 11 is 3.24. The minimum Gasteiger partial charge on any atom is -0.323 e. The maximum atomic E-state index is 11.9. The molecule has 0 aromatic carbocycles. The highest BCUT2D eigenvalue weighted by molar-refractivity contribution is 9.10. The zero-order chi connectivity index (χ0) is 12.2. The fraction of sp³-hybridized carbons (Fsp3) is 0.455. The van der Waals surface area contributed by atoms with Crippen molar-refractivity contribution in [2.45, 2.75) is 26.3 Å². The van der Waals surface area contributed by atoms with Gasteiger partial charge in [-0.15, -0.1) is 0 Å². The first-order valence-electron chi connectivity index (χ1n) is 5.13. The largest absolute Gasteiger partial charge is 0.323 e. The Morgan fingerprint density at radius 1 is 1.50 bits per heavy atom.